The molecule has 0 heterocycles. The Bertz CT molecular complexity index is 432. The number of hydrogen-bond acceptors (Lipinski definition) is 3. The Morgan fingerprint density at radius 2 is 2.18 bits per heavy atom. The third-order valence-electron chi connectivity index (χ3n) is 2.51. The maximum Gasteiger partial charge on any atom is 0.310 e. The van der Waals surface area contributed by atoms with Crippen molar-refractivity contribution in [2.24, 2.45) is 0 Å². The fraction of sp³-hybridized carbons (Fsp3) is 0.429. The molecular formula is C14H17NO2. The molecule has 0 fully saturated rings. The first-order valence-corrected chi connectivity index (χ1v) is 5.78. The maximum absolute atomic E-state index is 11.4. The standard InChI is InChI=1S/C14H17NO2/c1-3-17-14(16)10-13-7-6-11(2)9-12(13)5-4-8-15/h6-7,9H,3-5,10H2,1-2H3. The van der Waals surface area contributed by atoms with Crippen LogP contribution in [-0.4, -0.2) is 12.6 Å². The van der Waals surface area contributed by atoms with Gasteiger partial charge in [-0.15, -0.1) is 0 Å². The molecule has 1 aromatic rings. The van der Waals surface area contributed by atoms with Gasteiger partial charge in [0.05, 0.1) is 19.1 Å². The Morgan fingerprint density at radius 3 is 2.82 bits per heavy atom. The third kappa shape index (κ3) is 4.28. The molecule has 90 valence electrons. The molecular weight excluding hydrogens is 214 g/mol. The van der Waals surface area contributed by atoms with Gasteiger partial charge in [0, 0.05) is 6.42 Å². The summed E-state index contributed by atoms with van der Waals surface area (Å²) < 4.78 is 4.93. The third-order valence-corrected chi connectivity index (χ3v) is 2.51. The minimum Gasteiger partial charge on any atom is -0.466 e. The molecule has 0 unspecified atom stereocenters. The van der Waals surface area contributed by atoms with Gasteiger partial charge < -0.3 is 4.74 Å². The minimum absolute atomic E-state index is 0.213. The lowest BCUT2D eigenvalue weighted by molar-refractivity contribution is -0.142. The van der Waals surface area contributed by atoms with Crippen LogP contribution in [0.4, 0.5) is 0 Å². The zero-order valence-electron chi connectivity index (χ0n) is 10.3. The molecule has 0 aliphatic heterocycles. The van der Waals surface area contributed by atoms with Crippen molar-refractivity contribution < 1.29 is 9.53 Å². The monoisotopic (exact) mass is 231 g/mol. The summed E-state index contributed by atoms with van der Waals surface area (Å²) in [4.78, 5) is 11.4. The molecule has 3 nitrogen and oxygen atoms in total. The van der Waals surface area contributed by atoms with Crippen LogP contribution < -0.4 is 0 Å². The Kier molecular flexibility index (Phi) is 5.22. The Hall–Kier alpha value is -1.82. The van der Waals surface area contributed by atoms with Crippen LogP contribution >= 0.6 is 0 Å². The summed E-state index contributed by atoms with van der Waals surface area (Å²) in [6, 6.07) is 8.08. The van der Waals surface area contributed by atoms with Gasteiger partial charge in [-0.3, -0.25) is 4.79 Å². The highest BCUT2D eigenvalue weighted by atomic mass is 16.5. The number of rotatable bonds is 5. The van der Waals surface area contributed by atoms with E-state index in [-0.39, 0.29) is 12.4 Å². The highest BCUT2D eigenvalue weighted by Crippen LogP contribution is 2.15. The van der Waals surface area contributed by atoms with Crippen LogP contribution in [0, 0.1) is 18.3 Å². The van der Waals surface area contributed by atoms with Gasteiger partial charge in [-0.05, 0) is 31.4 Å². The van der Waals surface area contributed by atoms with Crippen molar-refractivity contribution in [3.05, 3.63) is 34.9 Å². The molecule has 0 aliphatic rings. The van der Waals surface area contributed by atoms with E-state index < -0.39 is 0 Å². The number of carbonyl (C=O) groups is 1. The second-order valence-electron chi connectivity index (χ2n) is 3.91. The molecule has 0 radical (unpaired) electrons. The number of nitrogens with zero attached hydrogens (tertiary/aromatic N) is 1. The Morgan fingerprint density at radius 1 is 1.41 bits per heavy atom. The lowest BCUT2D eigenvalue weighted by Gasteiger charge is -2.09. The number of ether oxygens (including phenoxy) is 1. The number of carbonyl (C=O) groups excluding carboxylic acids is 1. The number of hydrogen-bond donors (Lipinski definition) is 0. The molecule has 0 aromatic heterocycles. The summed E-state index contributed by atoms with van der Waals surface area (Å²) in [7, 11) is 0. The van der Waals surface area contributed by atoms with Crippen molar-refractivity contribution in [1.29, 1.82) is 5.26 Å². The molecule has 1 rings (SSSR count). The van der Waals surface area contributed by atoms with Crippen LogP contribution in [0.1, 0.15) is 30.0 Å². The second-order valence-corrected chi connectivity index (χ2v) is 3.91. The minimum atomic E-state index is -0.213. The second kappa shape index (κ2) is 6.70. The fourth-order valence-corrected chi connectivity index (χ4v) is 1.72. The molecule has 0 saturated carbocycles. The molecule has 0 atom stereocenters. The van der Waals surface area contributed by atoms with E-state index in [4.69, 9.17) is 10.00 Å². The SMILES string of the molecule is CCOC(=O)Cc1ccc(C)cc1CCC#N. The smallest absolute Gasteiger partial charge is 0.310 e. The predicted molar refractivity (Wildman–Crippen MR) is 65.5 cm³/mol. The molecule has 0 spiro atoms. The first kappa shape index (κ1) is 13.2. The van der Waals surface area contributed by atoms with E-state index in [1.807, 2.05) is 25.1 Å². The van der Waals surface area contributed by atoms with E-state index in [9.17, 15) is 4.79 Å². The topological polar surface area (TPSA) is 50.1 Å². The van der Waals surface area contributed by atoms with Crippen LogP contribution in [0.5, 0.6) is 0 Å². The molecule has 0 aliphatic carbocycles. The molecule has 0 saturated heterocycles. The summed E-state index contributed by atoms with van der Waals surface area (Å²) >= 11 is 0. The molecule has 0 amide bonds. The van der Waals surface area contributed by atoms with Crippen LogP contribution in [0.2, 0.25) is 0 Å². The number of esters is 1. The van der Waals surface area contributed by atoms with E-state index in [1.165, 1.54) is 0 Å². The van der Waals surface area contributed by atoms with Gasteiger partial charge in [0.25, 0.3) is 0 Å². The first-order chi connectivity index (χ1) is 8.17. The first-order valence-electron chi connectivity index (χ1n) is 5.78. The van der Waals surface area contributed by atoms with Crippen molar-refractivity contribution >= 4 is 5.97 Å². The van der Waals surface area contributed by atoms with E-state index in [0.717, 1.165) is 16.7 Å². The highest BCUT2D eigenvalue weighted by molar-refractivity contribution is 5.73. The summed E-state index contributed by atoms with van der Waals surface area (Å²) in [5.41, 5.74) is 3.18. The largest absolute Gasteiger partial charge is 0.466 e. The lowest BCUT2D eigenvalue weighted by Crippen LogP contribution is -2.09. The van der Waals surface area contributed by atoms with Gasteiger partial charge in [-0.1, -0.05) is 23.8 Å². The summed E-state index contributed by atoms with van der Waals surface area (Å²) in [5, 5.41) is 8.61. The van der Waals surface area contributed by atoms with Crippen LogP contribution in [0.25, 0.3) is 0 Å². The number of aryl methyl sites for hydroxylation is 2. The van der Waals surface area contributed by atoms with E-state index >= 15 is 0 Å². The van der Waals surface area contributed by atoms with Crippen molar-refractivity contribution in [2.75, 3.05) is 6.61 Å². The van der Waals surface area contributed by atoms with Crippen LogP contribution in [0.15, 0.2) is 18.2 Å². The average molecular weight is 231 g/mol. The van der Waals surface area contributed by atoms with Crippen molar-refractivity contribution in [2.45, 2.75) is 33.1 Å². The van der Waals surface area contributed by atoms with Gasteiger partial charge in [-0.25, -0.2) is 0 Å². The van der Waals surface area contributed by atoms with Crippen LogP contribution in [0.3, 0.4) is 0 Å². The maximum atomic E-state index is 11.4. The van der Waals surface area contributed by atoms with Gasteiger partial charge in [-0.2, -0.15) is 5.26 Å². The molecule has 0 bridgehead atoms. The summed E-state index contributed by atoms with van der Waals surface area (Å²) in [6.07, 6.45) is 1.45. The fourth-order valence-electron chi connectivity index (χ4n) is 1.72. The Labute approximate surface area is 102 Å². The highest BCUT2D eigenvalue weighted by Gasteiger charge is 2.08. The Balaban J connectivity index is 2.82. The average Bonchev–Trinajstić information content (AvgIpc) is 2.30. The number of benzene rings is 1. The molecule has 3 heteroatoms. The van der Waals surface area contributed by atoms with Crippen molar-refractivity contribution in [1.82, 2.24) is 0 Å². The lowest BCUT2D eigenvalue weighted by atomic mass is 9.98. The van der Waals surface area contributed by atoms with E-state index in [2.05, 4.69) is 6.07 Å². The van der Waals surface area contributed by atoms with Crippen LogP contribution in [-0.2, 0) is 22.4 Å². The normalized spacial score (nSPS) is 9.71. The quantitative estimate of drug-likeness (QED) is 0.732. The van der Waals surface area contributed by atoms with Gasteiger partial charge in [0.15, 0.2) is 0 Å². The van der Waals surface area contributed by atoms with E-state index in [1.54, 1.807) is 6.92 Å². The van der Waals surface area contributed by atoms with Crippen molar-refractivity contribution in [3.8, 4) is 6.07 Å². The number of nitriles is 1. The molecule has 0 N–H and O–H groups in total. The molecule has 1 aromatic carbocycles. The van der Waals surface area contributed by atoms with Gasteiger partial charge in [0.2, 0.25) is 0 Å². The van der Waals surface area contributed by atoms with Gasteiger partial charge >= 0.3 is 5.97 Å². The van der Waals surface area contributed by atoms with Gasteiger partial charge in [0.1, 0.15) is 0 Å². The summed E-state index contributed by atoms with van der Waals surface area (Å²) in [5.74, 6) is -0.213. The van der Waals surface area contributed by atoms with E-state index in [0.29, 0.717) is 19.4 Å². The zero-order valence-corrected chi connectivity index (χ0v) is 10.3. The molecule has 17 heavy (non-hydrogen) atoms. The van der Waals surface area contributed by atoms with Crippen molar-refractivity contribution in [3.63, 3.8) is 0 Å². The predicted octanol–water partition coefficient (Wildman–Crippen LogP) is 2.56. The zero-order chi connectivity index (χ0) is 12.7. The summed E-state index contributed by atoms with van der Waals surface area (Å²) in [6.45, 7) is 4.20.